The molecule has 0 bridgehead atoms. The van der Waals surface area contributed by atoms with E-state index in [9.17, 15) is 0 Å². The first-order valence-electron chi connectivity index (χ1n) is 9.61. The third kappa shape index (κ3) is 7.70. The minimum atomic E-state index is 0.295. The van der Waals surface area contributed by atoms with Gasteiger partial charge < -0.3 is 24.6 Å². The molecule has 8 nitrogen and oxygen atoms in total. The lowest BCUT2D eigenvalue weighted by atomic mass is 10.1. The maximum absolute atomic E-state index is 5.70. The fourth-order valence-corrected chi connectivity index (χ4v) is 2.62. The summed E-state index contributed by atoms with van der Waals surface area (Å²) in [6, 6.07) is 0. The topological polar surface area (TPSA) is 93.8 Å². The fraction of sp³-hybridized carbons (Fsp3) is 0.833. The van der Waals surface area contributed by atoms with Crippen LogP contribution in [0.2, 0.25) is 0 Å². The molecular formula is C18H33N5O3. The fourth-order valence-electron chi connectivity index (χ4n) is 2.62. The van der Waals surface area contributed by atoms with Crippen LogP contribution in [0.4, 0.5) is 0 Å². The van der Waals surface area contributed by atoms with E-state index in [-0.39, 0.29) is 0 Å². The number of nitrogens with zero attached hydrogens (tertiary/aromatic N) is 3. The van der Waals surface area contributed by atoms with Gasteiger partial charge in [-0.25, -0.2) is 0 Å². The zero-order valence-corrected chi connectivity index (χ0v) is 16.3. The van der Waals surface area contributed by atoms with Crippen molar-refractivity contribution in [2.24, 2.45) is 10.9 Å². The van der Waals surface area contributed by atoms with Gasteiger partial charge in [0.1, 0.15) is 0 Å². The minimum absolute atomic E-state index is 0.295. The van der Waals surface area contributed by atoms with E-state index in [0.29, 0.717) is 17.7 Å². The van der Waals surface area contributed by atoms with E-state index in [1.165, 1.54) is 0 Å². The van der Waals surface area contributed by atoms with E-state index in [0.717, 1.165) is 77.0 Å². The van der Waals surface area contributed by atoms with Gasteiger partial charge in [-0.05, 0) is 19.3 Å². The number of aromatic nitrogens is 2. The Bertz CT molecular complexity index is 527. The smallest absolute Gasteiger partial charge is 0.226 e. The van der Waals surface area contributed by atoms with Crippen LogP contribution in [0.25, 0.3) is 0 Å². The summed E-state index contributed by atoms with van der Waals surface area (Å²) in [5.41, 5.74) is 0. The van der Waals surface area contributed by atoms with Crippen molar-refractivity contribution >= 4 is 5.96 Å². The Morgan fingerprint density at radius 1 is 1.31 bits per heavy atom. The van der Waals surface area contributed by atoms with Gasteiger partial charge >= 0.3 is 0 Å². The molecule has 1 saturated heterocycles. The van der Waals surface area contributed by atoms with E-state index in [4.69, 9.17) is 14.0 Å². The minimum Gasteiger partial charge on any atom is -0.381 e. The lowest BCUT2D eigenvalue weighted by Crippen LogP contribution is -2.38. The van der Waals surface area contributed by atoms with Crippen molar-refractivity contribution in [3.05, 3.63) is 11.7 Å². The van der Waals surface area contributed by atoms with Crippen LogP contribution < -0.4 is 10.6 Å². The maximum atomic E-state index is 5.70. The predicted octanol–water partition coefficient (Wildman–Crippen LogP) is 1.73. The first-order valence-corrected chi connectivity index (χ1v) is 9.61. The number of guanidine groups is 1. The molecule has 2 rings (SSSR count). The normalized spacial score (nSPS) is 17.8. The molecule has 8 heteroatoms. The van der Waals surface area contributed by atoms with E-state index in [1.807, 2.05) is 0 Å². The summed E-state index contributed by atoms with van der Waals surface area (Å²) < 4.78 is 16.3. The molecule has 1 fully saturated rings. The number of nitrogens with one attached hydrogen (secondary N) is 2. The molecule has 0 aliphatic carbocycles. The number of aliphatic imine (C=N–C) groups is 1. The Hall–Kier alpha value is -1.67. The molecule has 0 amide bonds. The summed E-state index contributed by atoms with van der Waals surface area (Å²) in [6.07, 6.45) is 3.75. The molecule has 0 saturated carbocycles. The Balaban J connectivity index is 1.48. The lowest BCUT2D eigenvalue weighted by Gasteiger charge is -2.12. The van der Waals surface area contributed by atoms with Crippen LogP contribution in [0.3, 0.4) is 0 Å². The third-order valence-corrected chi connectivity index (χ3v) is 4.22. The molecule has 1 aliphatic rings. The van der Waals surface area contributed by atoms with Crippen LogP contribution in [0.15, 0.2) is 9.52 Å². The second kappa shape index (κ2) is 11.9. The first kappa shape index (κ1) is 20.6. The highest BCUT2D eigenvalue weighted by Crippen LogP contribution is 2.12. The summed E-state index contributed by atoms with van der Waals surface area (Å²) in [6.45, 7) is 9.04. The van der Waals surface area contributed by atoms with Gasteiger partial charge in [-0.3, -0.25) is 4.99 Å². The van der Waals surface area contributed by atoms with Crippen molar-refractivity contribution < 1.29 is 14.0 Å². The van der Waals surface area contributed by atoms with Gasteiger partial charge in [0.05, 0.1) is 13.2 Å². The average molecular weight is 367 g/mol. The molecular weight excluding hydrogens is 334 g/mol. The number of aryl methyl sites for hydroxylation is 1. The second-order valence-corrected chi connectivity index (χ2v) is 6.89. The molecule has 2 heterocycles. The van der Waals surface area contributed by atoms with Crippen molar-refractivity contribution in [2.45, 2.75) is 45.4 Å². The van der Waals surface area contributed by atoms with Crippen LogP contribution in [-0.2, 0) is 15.9 Å². The molecule has 26 heavy (non-hydrogen) atoms. The average Bonchev–Trinajstić information content (AvgIpc) is 3.31. The number of ether oxygens (including phenoxy) is 2. The predicted molar refractivity (Wildman–Crippen MR) is 100 cm³/mol. The molecule has 1 aromatic rings. The van der Waals surface area contributed by atoms with Crippen LogP contribution in [0.5, 0.6) is 0 Å². The molecule has 148 valence electrons. The molecule has 1 unspecified atom stereocenters. The molecule has 1 aliphatic heterocycles. The van der Waals surface area contributed by atoms with Crippen molar-refractivity contribution in [1.29, 1.82) is 0 Å². The lowest BCUT2D eigenvalue weighted by molar-refractivity contribution is 0.0888. The van der Waals surface area contributed by atoms with Crippen LogP contribution >= 0.6 is 0 Å². The van der Waals surface area contributed by atoms with Gasteiger partial charge in [0.15, 0.2) is 11.8 Å². The number of rotatable bonds is 11. The Morgan fingerprint density at radius 2 is 2.12 bits per heavy atom. The van der Waals surface area contributed by atoms with Crippen molar-refractivity contribution in [3.8, 4) is 0 Å². The van der Waals surface area contributed by atoms with Gasteiger partial charge in [-0.1, -0.05) is 19.0 Å². The molecule has 2 N–H and O–H groups in total. The summed E-state index contributed by atoms with van der Waals surface area (Å²) in [5, 5.41) is 10.6. The van der Waals surface area contributed by atoms with Gasteiger partial charge in [0, 0.05) is 51.6 Å². The Morgan fingerprint density at radius 3 is 2.77 bits per heavy atom. The standard InChI is InChI=1S/C18H33N5O3/c1-14(2)17-22-16(26-23-17)6-4-8-20-18(19-3)21-9-5-10-24-12-15-7-11-25-13-15/h14-15H,4-13H2,1-3H3,(H2,19,20,21). The Kier molecular flexibility index (Phi) is 9.41. The largest absolute Gasteiger partial charge is 0.381 e. The second-order valence-electron chi connectivity index (χ2n) is 6.89. The summed E-state index contributed by atoms with van der Waals surface area (Å²) in [4.78, 5) is 8.61. The van der Waals surface area contributed by atoms with Gasteiger partial charge in [0.2, 0.25) is 5.89 Å². The van der Waals surface area contributed by atoms with Crippen LogP contribution in [0.1, 0.15) is 50.7 Å². The van der Waals surface area contributed by atoms with Gasteiger partial charge in [-0.15, -0.1) is 0 Å². The number of hydrogen-bond donors (Lipinski definition) is 2. The maximum Gasteiger partial charge on any atom is 0.226 e. The van der Waals surface area contributed by atoms with Crippen molar-refractivity contribution in [2.75, 3.05) is 46.6 Å². The first-order chi connectivity index (χ1) is 12.7. The number of hydrogen-bond acceptors (Lipinski definition) is 6. The molecule has 0 aromatic carbocycles. The van der Waals surface area contributed by atoms with E-state index >= 15 is 0 Å². The van der Waals surface area contributed by atoms with Gasteiger partial charge in [0.25, 0.3) is 0 Å². The van der Waals surface area contributed by atoms with E-state index in [1.54, 1.807) is 7.05 Å². The van der Waals surface area contributed by atoms with Crippen molar-refractivity contribution in [3.63, 3.8) is 0 Å². The van der Waals surface area contributed by atoms with E-state index < -0.39 is 0 Å². The Labute approximate surface area is 156 Å². The van der Waals surface area contributed by atoms with Crippen LogP contribution in [0, 0.1) is 5.92 Å². The summed E-state index contributed by atoms with van der Waals surface area (Å²) in [7, 11) is 1.78. The zero-order chi connectivity index (χ0) is 18.6. The molecule has 1 aromatic heterocycles. The van der Waals surface area contributed by atoms with E-state index in [2.05, 4.69) is 39.6 Å². The monoisotopic (exact) mass is 367 g/mol. The summed E-state index contributed by atoms with van der Waals surface area (Å²) >= 11 is 0. The third-order valence-electron chi connectivity index (χ3n) is 4.22. The van der Waals surface area contributed by atoms with Crippen LogP contribution in [-0.4, -0.2) is 62.7 Å². The summed E-state index contributed by atoms with van der Waals surface area (Å²) in [5.74, 6) is 3.15. The van der Waals surface area contributed by atoms with Gasteiger partial charge in [-0.2, -0.15) is 4.98 Å². The zero-order valence-electron chi connectivity index (χ0n) is 16.3. The quantitative estimate of drug-likeness (QED) is 0.349. The molecule has 0 spiro atoms. The molecule has 0 radical (unpaired) electrons. The highest BCUT2D eigenvalue weighted by atomic mass is 16.5. The highest BCUT2D eigenvalue weighted by Gasteiger charge is 2.15. The highest BCUT2D eigenvalue weighted by molar-refractivity contribution is 5.79. The van der Waals surface area contributed by atoms with Crippen molar-refractivity contribution in [1.82, 2.24) is 20.8 Å². The SMILES string of the molecule is CN=C(NCCCOCC1CCOC1)NCCCc1nc(C(C)C)no1. The molecule has 1 atom stereocenters.